The molecule has 2 heterocycles. The minimum Gasteiger partial charge on any atom is -0.299 e. The SMILES string of the molecule is C[C@@H]1CN2CC3CCC4=CC(=O)[C@@H]5CC[C@@]6(C(=O)C1C[C@H]2[C@@]36C)[C@H]45. The van der Waals surface area contributed by atoms with Gasteiger partial charge < -0.3 is 0 Å². The molecule has 0 aromatic rings. The number of allylic oxidation sites excluding steroid dienone is 2. The molecule has 2 bridgehead atoms. The number of carbonyl (C=O) groups is 2. The van der Waals surface area contributed by atoms with E-state index >= 15 is 0 Å². The van der Waals surface area contributed by atoms with Gasteiger partial charge in [0.1, 0.15) is 5.78 Å². The van der Waals surface area contributed by atoms with Crippen LogP contribution in [0.3, 0.4) is 0 Å². The molecule has 3 heteroatoms. The fourth-order valence-electron chi connectivity index (χ4n) is 8.59. The molecule has 4 aliphatic carbocycles. The zero-order valence-corrected chi connectivity index (χ0v) is 14.8. The molecule has 3 nitrogen and oxygen atoms in total. The van der Waals surface area contributed by atoms with Crippen LogP contribution in [-0.4, -0.2) is 35.6 Å². The lowest BCUT2D eigenvalue weighted by Gasteiger charge is -2.60. The molecule has 3 saturated carbocycles. The maximum absolute atomic E-state index is 14.0. The van der Waals surface area contributed by atoms with Crippen LogP contribution >= 0.6 is 0 Å². The highest BCUT2D eigenvalue weighted by Gasteiger charge is 2.76. The molecule has 8 atom stereocenters. The molecular formula is C21H27NO2. The van der Waals surface area contributed by atoms with Crippen molar-refractivity contribution in [3.05, 3.63) is 11.6 Å². The van der Waals surface area contributed by atoms with Gasteiger partial charge in [-0.25, -0.2) is 0 Å². The predicted octanol–water partition coefficient (Wildman–Crippen LogP) is 2.85. The Bertz CT molecular complexity index is 711. The van der Waals surface area contributed by atoms with E-state index in [0.29, 0.717) is 29.4 Å². The van der Waals surface area contributed by atoms with E-state index in [1.165, 1.54) is 18.5 Å². The van der Waals surface area contributed by atoms with Crippen molar-refractivity contribution in [3.63, 3.8) is 0 Å². The van der Waals surface area contributed by atoms with Gasteiger partial charge in [-0.05, 0) is 50.0 Å². The first-order valence-electron chi connectivity index (χ1n) is 10.0. The predicted molar refractivity (Wildman–Crippen MR) is 90.2 cm³/mol. The highest BCUT2D eigenvalue weighted by molar-refractivity contribution is 6.00. The molecule has 0 N–H and O–H groups in total. The smallest absolute Gasteiger partial charge is 0.159 e. The zero-order chi connectivity index (χ0) is 16.4. The van der Waals surface area contributed by atoms with Gasteiger partial charge >= 0.3 is 0 Å². The van der Waals surface area contributed by atoms with Crippen molar-refractivity contribution in [2.24, 2.45) is 40.4 Å². The van der Waals surface area contributed by atoms with Crippen molar-refractivity contribution in [1.82, 2.24) is 4.90 Å². The molecule has 0 amide bonds. The number of piperidine rings is 1. The Morgan fingerprint density at radius 1 is 1.17 bits per heavy atom. The highest BCUT2D eigenvalue weighted by atomic mass is 16.1. The Morgan fingerprint density at radius 3 is 2.83 bits per heavy atom. The molecule has 2 saturated heterocycles. The Labute approximate surface area is 143 Å². The molecule has 2 unspecified atom stereocenters. The van der Waals surface area contributed by atoms with Gasteiger partial charge in [-0.15, -0.1) is 0 Å². The molecular weight excluding hydrogens is 298 g/mol. The Morgan fingerprint density at radius 2 is 2.00 bits per heavy atom. The third-order valence-corrected chi connectivity index (χ3v) is 9.52. The monoisotopic (exact) mass is 325 g/mol. The van der Waals surface area contributed by atoms with Gasteiger partial charge in [-0.1, -0.05) is 19.4 Å². The van der Waals surface area contributed by atoms with E-state index in [9.17, 15) is 9.59 Å². The second-order valence-corrected chi connectivity index (χ2v) is 9.89. The minimum atomic E-state index is -0.228. The van der Waals surface area contributed by atoms with E-state index in [0.717, 1.165) is 32.2 Å². The molecule has 5 fully saturated rings. The van der Waals surface area contributed by atoms with Crippen molar-refractivity contribution < 1.29 is 9.59 Å². The Balaban J connectivity index is 1.64. The Kier molecular flexibility index (Phi) is 2.41. The Hall–Kier alpha value is -0.960. The van der Waals surface area contributed by atoms with Crippen molar-refractivity contribution >= 4 is 11.6 Å². The van der Waals surface area contributed by atoms with Gasteiger partial charge in [0.05, 0.1) is 0 Å². The van der Waals surface area contributed by atoms with Crippen molar-refractivity contribution in [3.8, 4) is 0 Å². The van der Waals surface area contributed by atoms with E-state index in [4.69, 9.17) is 0 Å². The van der Waals surface area contributed by atoms with Crippen LogP contribution in [0.15, 0.2) is 11.6 Å². The molecule has 0 aromatic heterocycles. The fraction of sp³-hybridized carbons (Fsp3) is 0.810. The third-order valence-electron chi connectivity index (χ3n) is 9.52. The average Bonchev–Trinajstić information content (AvgIpc) is 3.15. The van der Waals surface area contributed by atoms with E-state index in [1.807, 2.05) is 6.08 Å². The molecule has 6 aliphatic rings. The van der Waals surface area contributed by atoms with Gasteiger partial charge in [-0.2, -0.15) is 0 Å². The summed E-state index contributed by atoms with van der Waals surface area (Å²) in [6, 6.07) is 0.579. The molecule has 6 rings (SSSR count). The van der Waals surface area contributed by atoms with Crippen LogP contribution in [0.1, 0.15) is 46.0 Å². The van der Waals surface area contributed by atoms with Crippen molar-refractivity contribution in [2.75, 3.05) is 13.1 Å². The lowest BCUT2D eigenvalue weighted by atomic mass is 9.44. The molecule has 0 aromatic carbocycles. The molecule has 1 spiro atoms. The summed E-state index contributed by atoms with van der Waals surface area (Å²) in [5, 5.41) is 0. The van der Waals surface area contributed by atoms with Crippen LogP contribution in [0.5, 0.6) is 0 Å². The molecule has 128 valence electrons. The van der Waals surface area contributed by atoms with Crippen LogP contribution in [-0.2, 0) is 9.59 Å². The van der Waals surface area contributed by atoms with Crippen LogP contribution in [0.2, 0.25) is 0 Å². The maximum Gasteiger partial charge on any atom is 0.159 e. The topological polar surface area (TPSA) is 37.4 Å². The van der Waals surface area contributed by atoms with E-state index in [2.05, 4.69) is 18.7 Å². The summed E-state index contributed by atoms with van der Waals surface area (Å²) in [4.78, 5) is 29.3. The van der Waals surface area contributed by atoms with Gasteiger partial charge in [0.2, 0.25) is 0 Å². The number of Topliss-reactive ketones (excluding diaryl/α,β-unsaturated/α-hetero) is 1. The number of hydrogen-bond donors (Lipinski definition) is 0. The van der Waals surface area contributed by atoms with Crippen LogP contribution < -0.4 is 0 Å². The van der Waals surface area contributed by atoms with Crippen molar-refractivity contribution in [2.45, 2.75) is 52.0 Å². The number of fused-ring (bicyclic) bond motifs is 1. The fourth-order valence-corrected chi connectivity index (χ4v) is 8.59. The lowest BCUT2D eigenvalue weighted by molar-refractivity contribution is -0.167. The highest BCUT2D eigenvalue weighted by Crippen LogP contribution is 2.74. The van der Waals surface area contributed by atoms with Gasteiger partial charge in [0.15, 0.2) is 5.78 Å². The lowest BCUT2D eigenvalue weighted by Crippen LogP contribution is -2.66. The molecule has 24 heavy (non-hydrogen) atoms. The van der Waals surface area contributed by atoms with Gasteiger partial charge in [0.25, 0.3) is 0 Å². The maximum atomic E-state index is 14.0. The average molecular weight is 325 g/mol. The second-order valence-electron chi connectivity index (χ2n) is 9.89. The molecule has 0 radical (unpaired) electrons. The summed E-state index contributed by atoms with van der Waals surface area (Å²) < 4.78 is 0. The van der Waals surface area contributed by atoms with Gasteiger partial charge in [-0.3, -0.25) is 14.5 Å². The first-order chi connectivity index (χ1) is 11.5. The minimum absolute atomic E-state index is 0.0976. The number of ketones is 2. The largest absolute Gasteiger partial charge is 0.299 e. The summed E-state index contributed by atoms with van der Waals surface area (Å²) in [5.74, 6) is 2.64. The third kappa shape index (κ3) is 1.23. The van der Waals surface area contributed by atoms with Crippen LogP contribution in [0, 0.1) is 40.4 Å². The summed E-state index contributed by atoms with van der Waals surface area (Å²) in [6.07, 6.45) is 7.21. The standard InChI is InChI=1S/C21H27NO2/c1-11-9-22-10-13-4-3-12-7-16(23)14-5-6-21(18(12)14)19(24)15(11)8-17(22)20(13,21)2/h7,11,13-15,17-18H,3-6,8-10H2,1-2H3/t11-,13?,14+,15?,17+,18-,20-,21+/m1/s1. The van der Waals surface area contributed by atoms with E-state index in [-0.39, 0.29) is 28.6 Å². The first kappa shape index (κ1) is 14.2. The number of carbonyl (C=O) groups excluding carboxylic acids is 2. The summed E-state index contributed by atoms with van der Waals surface area (Å²) >= 11 is 0. The van der Waals surface area contributed by atoms with Crippen LogP contribution in [0.4, 0.5) is 0 Å². The van der Waals surface area contributed by atoms with Gasteiger partial charge in [0, 0.05) is 47.7 Å². The molecule has 2 aliphatic heterocycles. The van der Waals surface area contributed by atoms with Crippen LogP contribution in [0.25, 0.3) is 0 Å². The summed E-state index contributed by atoms with van der Waals surface area (Å²) in [6.45, 7) is 7.04. The normalized spacial score (nSPS) is 57.8. The number of hydrogen-bond acceptors (Lipinski definition) is 3. The second kappa shape index (κ2) is 4.06. The van der Waals surface area contributed by atoms with Crippen molar-refractivity contribution in [1.29, 1.82) is 0 Å². The number of nitrogens with zero attached hydrogens (tertiary/aromatic N) is 1. The zero-order valence-electron chi connectivity index (χ0n) is 14.8. The quantitative estimate of drug-likeness (QED) is 0.687. The first-order valence-corrected chi connectivity index (χ1v) is 10.0. The number of rotatable bonds is 0. The van der Waals surface area contributed by atoms with E-state index < -0.39 is 0 Å². The summed E-state index contributed by atoms with van der Waals surface area (Å²) in [7, 11) is 0. The van der Waals surface area contributed by atoms with E-state index in [1.54, 1.807) is 0 Å². The summed E-state index contributed by atoms with van der Waals surface area (Å²) in [5.41, 5.74) is 1.22.